The zero-order valence-electron chi connectivity index (χ0n) is 7.64. The van der Waals surface area contributed by atoms with Gasteiger partial charge in [-0.15, -0.1) is 0 Å². The van der Waals surface area contributed by atoms with Gasteiger partial charge in [-0.05, 0) is 26.7 Å². The van der Waals surface area contributed by atoms with E-state index in [1.54, 1.807) is 0 Å². The molecule has 0 aromatic rings. The molecular weight excluding hydrogens is 152 g/mol. The summed E-state index contributed by atoms with van der Waals surface area (Å²) in [6, 6.07) is 0. The molecule has 1 aliphatic heterocycles. The largest absolute Gasteiger partial charge is 0.492 e. The Morgan fingerprint density at radius 2 is 2.00 bits per heavy atom. The fourth-order valence-electron chi connectivity index (χ4n) is 1.89. The Bertz CT molecular complexity index is 261. The summed E-state index contributed by atoms with van der Waals surface area (Å²) in [7, 11) is 0. The topological polar surface area (TPSA) is 26.3 Å². The maximum atomic E-state index is 11.3. The zero-order valence-corrected chi connectivity index (χ0v) is 7.64. The molecule has 0 atom stereocenters. The van der Waals surface area contributed by atoms with Crippen LogP contribution in [-0.4, -0.2) is 11.4 Å². The van der Waals surface area contributed by atoms with Crippen molar-refractivity contribution in [3.05, 3.63) is 11.3 Å². The molecule has 0 saturated heterocycles. The first-order valence-electron chi connectivity index (χ1n) is 4.53. The molecule has 2 rings (SSSR count). The smallest absolute Gasteiger partial charge is 0.162 e. The second kappa shape index (κ2) is 2.35. The van der Waals surface area contributed by atoms with Crippen LogP contribution in [0.3, 0.4) is 0 Å². The highest BCUT2D eigenvalue weighted by atomic mass is 16.5. The molecule has 66 valence electrons. The van der Waals surface area contributed by atoms with Gasteiger partial charge >= 0.3 is 0 Å². The number of carbonyl (C=O) groups excluding carboxylic acids is 1. The molecule has 0 bridgehead atoms. The monoisotopic (exact) mass is 166 g/mol. The highest BCUT2D eigenvalue weighted by Crippen LogP contribution is 2.37. The minimum Gasteiger partial charge on any atom is -0.492 e. The van der Waals surface area contributed by atoms with Crippen molar-refractivity contribution in [2.24, 2.45) is 0 Å². The first kappa shape index (κ1) is 7.84. The van der Waals surface area contributed by atoms with Gasteiger partial charge in [0.05, 0.1) is 0 Å². The number of hydrogen-bond acceptors (Lipinski definition) is 2. The Hall–Kier alpha value is -0.790. The molecule has 12 heavy (non-hydrogen) atoms. The second-order valence-electron chi connectivity index (χ2n) is 4.19. The van der Waals surface area contributed by atoms with Crippen molar-refractivity contribution in [2.45, 2.75) is 45.1 Å². The fraction of sp³-hybridized carbons (Fsp3) is 0.700. The molecule has 0 N–H and O–H groups in total. The Labute approximate surface area is 72.6 Å². The van der Waals surface area contributed by atoms with E-state index in [0.29, 0.717) is 12.2 Å². The van der Waals surface area contributed by atoms with Gasteiger partial charge in [-0.3, -0.25) is 4.79 Å². The summed E-state index contributed by atoms with van der Waals surface area (Å²) in [5.74, 6) is 1.27. The van der Waals surface area contributed by atoms with E-state index in [1.807, 2.05) is 0 Å². The Morgan fingerprint density at radius 1 is 1.25 bits per heavy atom. The maximum absolute atomic E-state index is 11.3. The normalized spacial score (nSPS) is 27.0. The lowest BCUT2D eigenvalue weighted by Gasteiger charge is -2.31. The van der Waals surface area contributed by atoms with Gasteiger partial charge in [0.2, 0.25) is 0 Å². The summed E-state index contributed by atoms with van der Waals surface area (Å²) in [5.41, 5.74) is 0.915. The molecule has 0 unspecified atom stereocenters. The molecule has 0 amide bonds. The van der Waals surface area contributed by atoms with Gasteiger partial charge in [-0.2, -0.15) is 0 Å². The van der Waals surface area contributed by atoms with Gasteiger partial charge in [0.15, 0.2) is 5.78 Å². The molecule has 2 nitrogen and oxygen atoms in total. The third kappa shape index (κ3) is 1.15. The van der Waals surface area contributed by atoms with Gasteiger partial charge in [-0.25, -0.2) is 0 Å². The average molecular weight is 166 g/mol. The fourth-order valence-corrected chi connectivity index (χ4v) is 1.89. The van der Waals surface area contributed by atoms with Gasteiger partial charge in [0.1, 0.15) is 11.4 Å². The lowest BCUT2D eigenvalue weighted by molar-refractivity contribution is -0.115. The highest BCUT2D eigenvalue weighted by molar-refractivity contribution is 5.98. The van der Waals surface area contributed by atoms with Crippen molar-refractivity contribution >= 4 is 5.78 Å². The summed E-state index contributed by atoms with van der Waals surface area (Å²) < 4.78 is 5.73. The third-order valence-corrected chi connectivity index (χ3v) is 2.63. The summed E-state index contributed by atoms with van der Waals surface area (Å²) in [6.45, 7) is 4.17. The number of Topliss-reactive ketones (excluding diaryl/α,β-unsaturated/α-hetero) is 1. The van der Waals surface area contributed by atoms with Gasteiger partial charge < -0.3 is 4.74 Å². The predicted molar refractivity (Wildman–Crippen MR) is 45.7 cm³/mol. The van der Waals surface area contributed by atoms with Crippen LogP contribution in [0.5, 0.6) is 0 Å². The first-order valence-corrected chi connectivity index (χ1v) is 4.53. The third-order valence-electron chi connectivity index (χ3n) is 2.63. The van der Waals surface area contributed by atoms with E-state index in [0.717, 1.165) is 30.6 Å². The number of allylic oxidation sites excluding steroid dienone is 2. The van der Waals surface area contributed by atoms with Crippen LogP contribution >= 0.6 is 0 Å². The molecule has 1 heterocycles. The van der Waals surface area contributed by atoms with Crippen LogP contribution in [0.25, 0.3) is 0 Å². The Morgan fingerprint density at radius 3 is 2.75 bits per heavy atom. The molecule has 0 spiro atoms. The summed E-state index contributed by atoms with van der Waals surface area (Å²) in [5, 5.41) is 0. The maximum Gasteiger partial charge on any atom is 0.162 e. The second-order valence-corrected chi connectivity index (χ2v) is 4.19. The Kier molecular flexibility index (Phi) is 1.53. The van der Waals surface area contributed by atoms with E-state index in [4.69, 9.17) is 4.74 Å². The van der Waals surface area contributed by atoms with E-state index in [9.17, 15) is 4.79 Å². The number of hydrogen-bond donors (Lipinski definition) is 0. The predicted octanol–water partition coefficient (Wildman–Crippen LogP) is 2.19. The highest BCUT2D eigenvalue weighted by Gasteiger charge is 2.34. The lowest BCUT2D eigenvalue weighted by Crippen LogP contribution is -2.27. The van der Waals surface area contributed by atoms with E-state index < -0.39 is 0 Å². The van der Waals surface area contributed by atoms with Crippen LogP contribution in [-0.2, 0) is 9.53 Å². The SMILES string of the molecule is CC1(C)CCC2=C(CCC2=O)O1. The number of rotatable bonds is 0. The van der Waals surface area contributed by atoms with Crippen LogP contribution in [0.15, 0.2) is 11.3 Å². The van der Waals surface area contributed by atoms with E-state index >= 15 is 0 Å². The van der Waals surface area contributed by atoms with Crippen LogP contribution < -0.4 is 0 Å². The minimum absolute atomic E-state index is 0.0521. The summed E-state index contributed by atoms with van der Waals surface area (Å²) in [6.07, 6.45) is 3.39. The first-order chi connectivity index (χ1) is 5.58. The molecule has 2 aliphatic rings. The molecule has 0 saturated carbocycles. The number of carbonyl (C=O) groups is 1. The van der Waals surface area contributed by atoms with Crippen molar-refractivity contribution in [3.63, 3.8) is 0 Å². The van der Waals surface area contributed by atoms with Crippen molar-refractivity contribution in [1.29, 1.82) is 0 Å². The van der Waals surface area contributed by atoms with E-state index in [-0.39, 0.29) is 5.60 Å². The van der Waals surface area contributed by atoms with Crippen molar-refractivity contribution in [3.8, 4) is 0 Å². The average Bonchev–Trinajstić information content (AvgIpc) is 2.30. The van der Waals surface area contributed by atoms with Crippen LogP contribution in [0.4, 0.5) is 0 Å². The standard InChI is InChI=1S/C10H14O2/c1-10(2)6-5-7-8(11)3-4-9(7)12-10/h3-6H2,1-2H3. The van der Waals surface area contributed by atoms with Gasteiger partial charge in [-0.1, -0.05) is 0 Å². The van der Waals surface area contributed by atoms with Crippen LogP contribution in [0.1, 0.15) is 39.5 Å². The van der Waals surface area contributed by atoms with Crippen LogP contribution in [0, 0.1) is 0 Å². The van der Waals surface area contributed by atoms with Crippen LogP contribution in [0.2, 0.25) is 0 Å². The quantitative estimate of drug-likeness (QED) is 0.551. The number of ketones is 1. The number of ether oxygens (including phenoxy) is 1. The molecule has 0 aromatic heterocycles. The van der Waals surface area contributed by atoms with Gasteiger partial charge in [0, 0.05) is 18.4 Å². The summed E-state index contributed by atoms with van der Waals surface area (Å²) in [4.78, 5) is 11.3. The Balaban J connectivity index is 2.26. The zero-order chi connectivity index (χ0) is 8.77. The van der Waals surface area contributed by atoms with Crippen molar-refractivity contribution in [1.82, 2.24) is 0 Å². The molecule has 2 heteroatoms. The minimum atomic E-state index is -0.0521. The molecule has 0 aromatic carbocycles. The molecule has 0 fully saturated rings. The van der Waals surface area contributed by atoms with Crippen molar-refractivity contribution in [2.75, 3.05) is 0 Å². The van der Waals surface area contributed by atoms with E-state index in [2.05, 4.69) is 13.8 Å². The molecule has 1 aliphatic carbocycles. The van der Waals surface area contributed by atoms with E-state index in [1.165, 1.54) is 0 Å². The van der Waals surface area contributed by atoms with Crippen molar-refractivity contribution < 1.29 is 9.53 Å². The summed E-state index contributed by atoms with van der Waals surface area (Å²) >= 11 is 0. The van der Waals surface area contributed by atoms with Gasteiger partial charge in [0.25, 0.3) is 0 Å². The molecule has 0 radical (unpaired) electrons. The lowest BCUT2D eigenvalue weighted by atomic mass is 9.95. The molecular formula is C10H14O2.